The van der Waals surface area contributed by atoms with E-state index in [0.29, 0.717) is 18.7 Å². The third-order valence-electron chi connectivity index (χ3n) is 2.28. The third-order valence-corrected chi connectivity index (χ3v) is 2.88. The van der Waals surface area contributed by atoms with Crippen LogP contribution in [0.15, 0.2) is 40.3 Å². The summed E-state index contributed by atoms with van der Waals surface area (Å²) in [5.41, 5.74) is 1.57. The van der Waals surface area contributed by atoms with Crippen LogP contribution in [0.25, 0.3) is 0 Å². The van der Waals surface area contributed by atoms with E-state index in [4.69, 9.17) is 33.0 Å². The first-order valence-electron chi connectivity index (χ1n) is 5.51. The van der Waals surface area contributed by atoms with E-state index in [-0.39, 0.29) is 6.02 Å². The molecule has 0 fully saturated rings. The summed E-state index contributed by atoms with van der Waals surface area (Å²) in [7, 11) is 0. The van der Waals surface area contributed by atoms with Crippen LogP contribution in [0.4, 0.5) is 0 Å². The maximum atomic E-state index is 6.07. The molecule has 0 radical (unpaired) electrons. The highest BCUT2D eigenvalue weighted by molar-refractivity contribution is 6.60. The Morgan fingerprint density at radius 1 is 1.22 bits per heavy atom. The molecule has 0 bridgehead atoms. The molecule has 1 aromatic rings. The molecule has 0 spiro atoms. The first-order chi connectivity index (χ1) is 8.62. The highest BCUT2D eigenvalue weighted by Crippen LogP contribution is 2.31. The number of aliphatic imine (C=N–C) groups is 2. The van der Waals surface area contributed by atoms with E-state index in [1.165, 1.54) is 0 Å². The van der Waals surface area contributed by atoms with E-state index in [9.17, 15) is 0 Å². The number of hydrogen-bond donors (Lipinski definition) is 0. The van der Waals surface area contributed by atoms with Crippen LogP contribution < -0.4 is 0 Å². The summed E-state index contributed by atoms with van der Waals surface area (Å²) in [6, 6.07) is 9.80. The molecule has 1 aliphatic heterocycles. The molecule has 0 unspecified atom stereocenters. The Morgan fingerprint density at radius 3 is 2.61 bits per heavy atom. The Hall–Kier alpha value is -1.10. The summed E-state index contributed by atoms with van der Waals surface area (Å²) < 4.78 is -1.39. The second kappa shape index (κ2) is 5.69. The SMILES string of the molecule is CCOOC1=NC(Cl)(Cl)C(Cc2ccccc2)=N1. The number of halogens is 2. The van der Waals surface area contributed by atoms with E-state index in [1.807, 2.05) is 30.3 Å². The Bertz CT molecular complexity index is 472. The van der Waals surface area contributed by atoms with Gasteiger partial charge in [0.05, 0.1) is 12.3 Å². The van der Waals surface area contributed by atoms with Crippen molar-refractivity contribution in [2.45, 2.75) is 17.8 Å². The van der Waals surface area contributed by atoms with Crippen molar-refractivity contribution in [3.8, 4) is 0 Å². The van der Waals surface area contributed by atoms with Crippen molar-refractivity contribution in [3.05, 3.63) is 35.9 Å². The molecule has 0 N–H and O–H groups in total. The maximum absolute atomic E-state index is 6.07. The van der Waals surface area contributed by atoms with Gasteiger partial charge in [-0.15, -0.1) is 0 Å². The van der Waals surface area contributed by atoms with Crippen LogP contribution in [0.3, 0.4) is 0 Å². The largest absolute Gasteiger partial charge is 0.352 e. The molecule has 0 saturated carbocycles. The molecular weight excluding hydrogens is 275 g/mol. The standard InChI is InChI=1S/C12H12Cl2N2O2/c1-2-17-18-11-15-10(12(13,14)16-11)8-9-6-4-3-5-7-9/h3-7H,2,8H2,1H3. The van der Waals surface area contributed by atoms with Gasteiger partial charge in [0.2, 0.25) is 0 Å². The number of nitrogens with zero attached hydrogens (tertiary/aromatic N) is 2. The van der Waals surface area contributed by atoms with Gasteiger partial charge in [0.25, 0.3) is 4.46 Å². The summed E-state index contributed by atoms with van der Waals surface area (Å²) in [6.45, 7) is 2.18. The lowest BCUT2D eigenvalue weighted by Crippen LogP contribution is -2.22. The Kier molecular flexibility index (Phi) is 4.22. The van der Waals surface area contributed by atoms with Gasteiger partial charge < -0.3 is 0 Å². The van der Waals surface area contributed by atoms with E-state index in [0.717, 1.165) is 5.56 Å². The minimum absolute atomic E-state index is 0.0489. The third kappa shape index (κ3) is 3.22. The summed E-state index contributed by atoms with van der Waals surface area (Å²) in [5, 5.41) is 0. The molecule has 0 amide bonds. The summed E-state index contributed by atoms with van der Waals surface area (Å²) in [5.74, 6) is 0. The van der Waals surface area contributed by atoms with Crippen molar-refractivity contribution in [1.82, 2.24) is 0 Å². The molecule has 0 aromatic heterocycles. The van der Waals surface area contributed by atoms with Crippen LogP contribution in [0.2, 0.25) is 0 Å². The lowest BCUT2D eigenvalue weighted by Gasteiger charge is -2.11. The van der Waals surface area contributed by atoms with E-state index in [1.54, 1.807) is 6.92 Å². The van der Waals surface area contributed by atoms with Crippen molar-refractivity contribution in [2.75, 3.05) is 6.61 Å². The molecule has 0 saturated heterocycles. The van der Waals surface area contributed by atoms with E-state index < -0.39 is 4.46 Å². The smallest absolute Gasteiger partial charge is 0.295 e. The fourth-order valence-electron chi connectivity index (χ4n) is 1.48. The first kappa shape index (κ1) is 13.3. The molecule has 1 aliphatic rings. The Balaban J connectivity index is 2.09. The Morgan fingerprint density at radius 2 is 1.94 bits per heavy atom. The van der Waals surface area contributed by atoms with Crippen molar-refractivity contribution in [1.29, 1.82) is 0 Å². The predicted molar refractivity (Wildman–Crippen MR) is 72.2 cm³/mol. The van der Waals surface area contributed by atoms with Crippen LogP contribution in [0.1, 0.15) is 12.5 Å². The van der Waals surface area contributed by atoms with E-state index in [2.05, 4.69) is 9.98 Å². The number of benzene rings is 1. The Labute approximate surface area is 115 Å². The molecule has 1 heterocycles. The van der Waals surface area contributed by atoms with Gasteiger partial charge in [0.1, 0.15) is 0 Å². The zero-order chi connectivity index (χ0) is 13.0. The lowest BCUT2D eigenvalue weighted by molar-refractivity contribution is -0.218. The average molecular weight is 287 g/mol. The van der Waals surface area contributed by atoms with Gasteiger partial charge in [-0.3, -0.25) is 4.89 Å². The quantitative estimate of drug-likeness (QED) is 0.369. The summed E-state index contributed by atoms with van der Waals surface area (Å²) >= 11 is 12.1. The number of rotatable bonds is 4. The fourth-order valence-corrected chi connectivity index (χ4v) is 1.84. The van der Waals surface area contributed by atoms with Crippen LogP contribution in [0.5, 0.6) is 0 Å². The summed E-state index contributed by atoms with van der Waals surface area (Å²) in [6.07, 6.45) is 0.510. The van der Waals surface area contributed by atoms with Crippen LogP contribution >= 0.6 is 23.2 Å². The molecule has 0 atom stereocenters. The second-order valence-electron chi connectivity index (χ2n) is 3.65. The highest BCUT2D eigenvalue weighted by Gasteiger charge is 2.37. The van der Waals surface area contributed by atoms with Crippen LogP contribution in [-0.4, -0.2) is 22.8 Å². The molecule has 96 valence electrons. The zero-order valence-electron chi connectivity index (χ0n) is 9.77. The van der Waals surface area contributed by atoms with Gasteiger partial charge in [0, 0.05) is 6.42 Å². The molecule has 6 heteroatoms. The zero-order valence-corrected chi connectivity index (χ0v) is 11.3. The molecule has 1 aromatic carbocycles. The van der Waals surface area contributed by atoms with Crippen molar-refractivity contribution in [3.63, 3.8) is 0 Å². The van der Waals surface area contributed by atoms with Crippen molar-refractivity contribution >= 4 is 34.9 Å². The second-order valence-corrected chi connectivity index (χ2v) is 4.93. The van der Waals surface area contributed by atoms with Crippen LogP contribution in [-0.2, 0) is 16.2 Å². The first-order valence-corrected chi connectivity index (χ1v) is 6.26. The molecule has 4 nitrogen and oxygen atoms in total. The number of amidine groups is 1. The van der Waals surface area contributed by atoms with Crippen molar-refractivity contribution < 1.29 is 9.78 Å². The lowest BCUT2D eigenvalue weighted by atomic mass is 10.1. The van der Waals surface area contributed by atoms with Crippen LogP contribution in [0, 0.1) is 0 Å². The minimum Gasteiger partial charge on any atom is -0.295 e. The average Bonchev–Trinajstić information content (AvgIpc) is 2.63. The molecule has 2 rings (SSSR count). The van der Waals surface area contributed by atoms with Crippen molar-refractivity contribution in [2.24, 2.45) is 9.98 Å². The summed E-state index contributed by atoms with van der Waals surface area (Å²) in [4.78, 5) is 17.7. The predicted octanol–water partition coefficient (Wildman–Crippen LogP) is 3.14. The van der Waals surface area contributed by atoms with Gasteiger partial charge in [-0.25, -0.2) is 0 Å². The normalized spacial score (nSPS) is 17.3. The van der Waals surface area contributed by atoms with Gasteiger partial charge in [0.15, 0.2) is 0 Å². The van der Waals surface area contributed by atoms with Gasteiger partial charge in [-0.1, -0.05) is 53.5 Å². The van der Waals surface area contributed by atoms with E-state index >= 15 is 0 Å². The maximum Gasteiger partial charge on any atom is 0.352 e. The van der Waals surface area contributed by atoms with Gasteiger partial charge in [-0.05, 0) is 12.5 Å². The van der Waals surface area contributed by atoms with Gasteiger partial charge >= 0.3 is 6.02 Å². The topological polar surface area (TPSA) is 43.2 Å². The highest BCUT2D eigenvalue weighted by atomic mass is 35.5. The monoisotopic (exact) mass is 286 g/mol. The number of hydrogen-bond acceptors (Lipinski definition) is 4. The molecule has 18 heavy (non-hydrogen) atoms. The minimum atomic E-state index is -1.39. The van der Waals surface area contributed by atoms with Gasteiger partial charge in [-0.2, -0.15) is 14.9 Å². The fraction of sp³-hybridized carbons (Fsp3) is 0.333. The number of alkyl halides is 2. The molecule has 0 aliphatic carbocycles. The molecular formula is C12H12Cl2N2O2.